The van der Waals surface area contributed by atoms with Crippen LogP contribution in [0.4, 0.5) is 13.6 Å². The fraction of sp³-hybridized carbons (Fsp3) is 0.641. The van der Waals surface area contributed by atoms with Crippen LogP contribution >= 0.6 is 0 Å². The fourth-order valence-corrected chi connectivity index (χ4v) is 10.0. The lowest BCUT2D eigenvalue weighted by Gasteiger charge is -2.29. The number of terminal acetylenes is 1. The van der Waals surface area contributed by atoms with Gasteiger partial charge in [0.15, 0.2) is 0 Å². The molecule has 1 aromatic carbocycles. The summed E-state index contributed by atoms with van der Waals surface area (Å²) in [7, 11) is -2.61. The number of rotatable bonds is 8. The van der Waals surface area contributed by atoms with Crippen molar-refractivity contribution in [2.45, 2.75) is 113 Å². The second-order valence-corrected chi connectivity index (χ2v) is 17.8. The van der Waals surface area contributed by atoms with E-state index in [1.54, 1.807) is 25.1 Å². The smallest absolute Gasteiger partial charge is 0.407 e. The number of aryl methyl sites for hydroxylation is 1. The molecule has 0 radical (unpaired) electrons. The second kappa shape index (κ2) is 16.2. The van der Waals surface area contributed by atoms with E-state index >= 15 is 0 Å². The summed E-state index contributed by atoms with van der Waals surface area (Å²) in [4.78, 5) is 65.8. The van der Waals surface area contributed by atoms with Gasteiger partial charge in [0.25, 0.3) is 5.91 Å². The summed E-state index contributed by atoms with van der Waals surface area (Å²) < 4.78 is 73.4. The van der Waals surface area contributed by atoms with Crippen molar-refractivity contribution in [1.29, 1.82) is 0 Å². The van der Waals surface area contributed by atoms with Gasteiger partial charge in [-0.3, -0.25) is 19.1 Å². The predicted molar refractivity (Wildman–Crippen MR) is 200 cm³/mol. The average molecular weight is 815 g/mol. The van der Waals surface area contributed by atoms with Crippen LogP contribution in [0.25, 0.3) is 11.0 Å². The molecule has 4 amide bonds. The lowest BCUT2D eigenvalue weighted by Crippen LogP contribution is -2.58. The van der Waals surface area contributed by atoms with Crippen molar-refractivity contribution in [3.8, 4) is 24.0 Å². The van der Waals surface area contributed by atoms with E-state index in [4.69, 9.17) is 30.6 Å². The molecule has 8 atom stereocenters. The summed E-state index contributed by atoms with van der Waals surface area (Å²) >= 11 is 0. The van der Waals surface area contributed by atoms with E-state index in [9.17, 15) is 36.4 Å². The minimum absolute atomic E-state index is 0.0294. The molecule has 3 aliphatic carbocycles. The summed E-state index contributed by atoms with van der Waals surface area (Å²) in [5.41, 5.74) is -0.554. The lowest BCUT2D eigenvalue weighted by molar-refractivity contribution is -0.140. The minimum atomic E-state index is -4.14. The van der Waals surface area contributed by atoms with Crippen molar-refractivity contribution in [2.75, 3.05) is 20.2 Å². The maximum absolute atomic E-state index is 14.4. The molecule has 308 valence electrons. The van der Waals surface area contributed by atoms with Gasteiger partial charge >= 0.3 is 6.09 Å². The van der Waals surface area contributed by atoms with Crippen LogP contribution in [0.1, 0.15) is 76.8 Å². The maximum Gasteiger partial charge on any atom is 0.407 e. The average Bonchev–Trinajstić information content (AvgIpc) is 4.10. The number of halogens is 2. The molecule has 57 heavy (non-hydrogen) atoms. The Kier molecular flexibility index (Phi) is 11.5. The quantitative estimate of drug-likeness (QED) is 0.331. The first-order valence-corrected chi connectivity index (χ1v) is 21.2. The van der Waals surface area contributed by atoms with Crippen LogP contribution in [-0.2, 0) is 35.6 Å². The number of aromatic nitrogens is 2. The number of carbonyl (C=O) groups is 4. The highest BCUT2D eigenvalue weighted by Gasteiger charge is 2.67. The predicted octanol–water partition coefficient (Wildman–Crippen LogP) is 3.24. The second-order valence-electron chi connectivity index (χ2n) is 15.8. The first kappa shape index (κ1) is 40.4. The molecule has 18 heteroatoms. The van der Waals surface area contributed by atoms with Crippen LogP contribution in [-0.4, -0.2) is 103 Å². The number of alkyl halides is 2. The minimum Gasteiger partial charge on any atom is -0.497 e. The highest BCUT2D eigenvalue weighted by Crippen LogP contribution is 2.49. The standard InChI is InChI=1S/C39H48F2N6O9S/c1-4-21-15-22-9-7-6-8-10-28-36(44-29-17-23(54-3)11-14-27(29)43-28)55-31-20-47(32(48)19-42-38(51)56-30(22)16-21)33(25(31)5-2)35(49)45-39(18-26(39)34(40)41)37(50)46-57(52,53)24-12-13-24/h1,11,14,17,21-22,24-26,30-31,33-34H,5-10,12-13,15-16,18-20H2,2-3H3,(H,42,51)(H,45,49)(H,46,50). The Labute approximate surface area is 329 Å². The van der Waals surface area contributed by atoms with Crippen LogP contribution in [0, 0.1) is 36.0 Å². The molecule has 3 heterocycles. The zero-order valence-corrected chi connectivity index (χ0v) is 32.7. The van der Waals surface area contributed by atoms with E-state index in [1.807, 2.05) is 4.72 Å². The molecule has 4 fully saturated rings. The van der Waals surface area contributed by atoms with E-state index in [0.717, 1.165) is 25.7 Å². The van der Waals surface area contributed by atoms with Gasteiger partial charge in [-0.1, -0.05) is 19.8 Å². The number of benzene rings is 1. The topological polar surface area (TPSA) is 195 Å². The van der Waals surface area contributed by atoms with Crippen molar-refractivity contribution in [1.82, 2.24) is 30.2 Å². The number of fused-ring (bicyclic) bond motifs is 5. The SMILES string of the molecule is C#CC1CC2CCCCCc3nc4ccc(OC)cc4nc3OC3CN(C(=O)CNC(=O)OC2C1)C(C(=O)NC1(C(=O)NS(=O)(=O)C2CC2)CC1C(F)F)C3CC. The van der Waals surface area contributed by atoms with Crippen molar-refractivity contribution in [2.24, 2.45) is 23.7 Å². The monoisotopic (exact) mass is 814 g/mol. The zero-order chi connectivity index (χ0) is 40.6. The van der Waals surface area contributed by atoms with E-state index in [0.29, 0.717) is 54.6 Å². The molecule has 0 spiro atoms. The summed E-state index contributed by atoms with van der Waals surface area (Å²) in [6.45, 7) is 1.02. The molecule has 1 aromatic heterocycles. The number of nitrogens with zero attached hydrogens (tertiary/aromatic N) is 3. The third-order valence-corrected chi connectivity index (χ3v) is 13.9. The summed E-state index contributed by atoms with van der Waals surface area (Å²) in [6, 6.07) is 3.91. The van der Waals surface area contributed by atoms with Crippen LogP contribution in [0.15, 0.2) is 18.2 Å². The van der Waals surface area contributed by atoms with Gasteiger partial charge in [0.2, 0.25) is 34.1 Å². The molecule has 7 rings (SSSR count). The molecule has 2 bridgehead atoms. The number of hydrogen-bond donors (Lipinski definition) is 3. The van der Waals surface area contributed by atoms with Gasteiger partial charge < -0.3 is 29.7 Å². The zero-order valence-electron chi connectivity index (χ0n) is 31.9. The Balaban J connectivity index is 1.21. The molecule has 5 aliphatic rings. The summed E-state index contributed by atoms with van der Waals surface area (Å²) in [5, 5.41) is 4.14. The Morgan fingerprint density at radius 2 is 1.89 bits per heavy atom. The number of methoxy groups -OCH3 is 1. The van der Waals surface area contributed by atoms with E-state index < -0.39 is 94.1 Å². The normalized spacial score (nSPS) is 30.7. The molecular weight excluding hydrogens is 767 g/mol. The largest absolute Gasteiger partial charge is 0.497 e. The van der Waals surface area contributed by atoms with Crippen molar-refractivity contribution >= 4 is 44.9 Å². The number of carbonyl (C=O) groups excluding carboxylic acids is 4. The fourth-order valence-electron chi connectivity index (χ4n) is 8.67. The first-order valence-electron chi connectivity index (χ1n) is 19.6. The first-order chi connectivity index (χ1) is 27.3. The number of hydrogen-bond acceptors (Lipinski definition) is 11. The molecule has 3 N–H and O–H groups in total. The number of alkyl carbamates (subject to hydrolysis) is 1. The Hall–Kier alpha value is -4.79. The van der Waals surface area contributed by atoms with Crippen LogP contribution < -0.4 is 24.8 Å². The number of nitrogens with one attached hydrogen (secondary N) is 3. The molecule has 3 saturated carbocycles. The number of amides is 4. The summed E-state index contributed by atoms with van der Waals surface area (Å²) in [5.74, 6) is -1.83. The molecule has 15 nitrogen and oxygen atoms in total. The Morgan fingerprint density at radius 3 is 2.58 bits per heavy atom. The molecule has 2 aromatic rings. The third kappa shape index (κ3) is 8.44. The van der Waals surface area contributed by atoms with Gasteiger partial charge in [-0.2, -0.15) is 0 Å². The molecule has 1 saturated heterocycles. The maximum atomic E-state index is 14.4. The highest BCUT2D eigenvalue weighted by atomic mass is 32.2. The van der Waals surface area contributed by atoms with Gasteiger partial charge in [-0.25, -0.2) is 32.0 Å². The van der Waals surface area contributed by atoms with Gasteiger partial charge in [0.1, 0.15) is 41.8 Å². The van der Waals surface area contributed by atoms with Crippen molar-refractivity contribution in [3.63, 3.8) is 0 Å². The highest BCUT2D eigenvalue weighted by molar-refractivity contribution is 7.91. The van der Waals surface area contributed by atoms with Crippen molar-refractivity contribution in [3.05, 3.63) is 23.9 Å². The third-order valence-electron chi connectivity index (χ3n) is 12.1. The Morgan fingerprint density at radius 1 is 1.11 bits per heavy atom. The van der Waals surface area contributed by atoms with Gasteiger partial charge in [-0.15, -0.1) is 12.3 Å². The van der Waals surface area contributed by atoms with E-state index in [2.05, 4.69) is 16.6 Å². The van der Waals surface area contributed by atoms with Gasteiger partial charge in [0, 0.05) is 17.9 Å². The summed E-state index contributed by atoms with van der Waals surface area (Å²) in [6.07, 6.45) is 5.82. The van der Waals surface area contributed by atoms with Crippen molar-refractivity contribution < 1.29 is 50.6 Å². The Bertz CT molecular complexity index is 2060. The van der Waals surface area contributed by atoms with Crippen LogP contribution in [0.3, 0.4) is 0 Å². The van der Waals surface area contributed by atoms with Gasteiger partial charge in [-0.05, 0) is 75.8 Å². The number of sulfonamides is 1. The molecule has 2 aliphatic heterocycles. The van der Waals surface area contributed by atoms with Gasteiger partial charge in [0.05, 0.1) is 35.9 Å². The number of ether oxygens (including phenoxy) is 3. The molecular formula is C39H48F2N6O9S. The lowest BCUT2D eigenvalue weighted by atomic mass is 9.94. The van der Waals surface area contributed by atoms with Crippen LogP contribution in [0.5, 0.6) is 11.6 Å². The van der Waals surface area contributed by atoms with Crippen LogP contribution in [0.2, 0.25) is 0 Å². The molecule has 8 unspecified atom stereocenters. The van der Waals surface area contributed by atoms with E-state index in [-0.39, 0.29) is 30.7 Å². The van der Waals surface area contributed by atoms with E-state index in [1.165, 1.54) is 12.0 Å².